The Kier molecular flexibility index (Phi) is 24.2. The maximum Gasteiger partial charge on any atom is 0.490 e. The molecule has 0 fully saturated rings. The molecule has 1 aromatic heterocycles. The van der Waals surface area contributed by atoms with Crippen LogP contribution in [0.3, 0.4) is 0 Å². The summed E-state index contributed by atoms with van der Waals surface area (Å²) in [6.45, 7) is 6.65. The number of sulfonamides is 1. The lowest BCUT2D eigenvalue weighted by atomic mass is 10.2. The second-order valence-corrected chi connectivity index (χ2v) is 12.3. The maximum absolute atomic E-state index is 12.4. The first-order chi connectivity index (χ1) is 24.2. The van der Waals surface area contributed by atoms with Crippen molar-refractivity contribution in [3.8, 4) is 23.8 Å². The summed E-state index contributed by atoms with van der Waals surface area (Å²) >= 11 is 3.38. The molecule has 3 aromatic rings. The highest BCUT2D eigenvalue weighted by atomic mass is 79.9. The number of nitrogens with one attached hydrogen (secondary N) is 2. The van der Waals surface area contributed by atoms with Crippen molar-refractivity contribution in [3.63, 3.8) is 0 Å². The van der Waals surface area contributed by atoms with Crippen LogP contribution in [0.2, 0.25) is 0 Å². The summed E-state index contributed by atoms with van der Waals surface area (Å²) in [6, 6.07) is 18.3. The van der Waals surface area contributed by atoms with Gasteiger partial charge in [0.1, 0.15) is 17.3 Å². The minimum atomic E-state index is -5.08. The van der Waals surface area contributed by atoms with Crippen molar-refractivity contribution in [2.24, 2.45) is 5.73 Å². The van der Waals surface area contributed by atoms with Crippen LogP contribution in [-0.4, -0.2) is 74.1 Å². The summed E-state index contributed by atoms with van der Waals surface area (Å²) in [7, 11) is -3.96. The molecule has 0 aliphatic rings. The van der Waals surface area contributed by atoms with E-state index in [4.69, 9.17) is 36.6 Å². The number of nitrogens with two attached hydrogens (primary N) is 1. The average molecular weight is 806 g/mol. The van der Waals surface area contributed by atoms with Crippen molar-refractivity contribution in [2.75, 3.05) is 31.6 Å². The van der Waals surface area contributed by atoms with Gasteiger partial charge in [0.15, 0.2) is 0 Å². The Bertz CT molecular complexity index is 1580. The van der Waals surface area contributed by atoms with Crippen molar-refractivity contribution in [1.82, 2.24) is 9.71 Å². The van der Waals surface area contributed by atoms with Crippen LogP contribution in [0.1, 0.15) is 46.0 Å². The molecule has 0 radical (unpaired) electrons. The number of halogens is 4. The van der Waals surface area contributed by atoms with Gasteiger partial charge in [0, 0.05) is 23.3 Å². The largest absolute Gasteiger partial charge is 0.494 e. The summed E-state index contributed by atoms with van der Waals surface area (Å²) in [4.78, 5) is 23.8. The van der Waals surface area contributed by atoms with E-state index < -0.39 is 40.6 Å². The molecule has 0 aliphatic heterocycles. The van der Waals surface area contributed by atoms with Gasteiger partial charge in [-0.1, -0.05) is 53.9 Å². The minimum Gasteiger partial charge on any atom is -0.494 e. The van der Waals surface area contributed by atoms with E-state index in [9.17, 15) is 26.4 Å². The molecule has 17 heteroatoms. The molecular weight excluding hydrogens is 761 g/mol. The summed E-state index contributed by atoms with van der Waals surface area (Å²) in [5.41, 5.74) is 5.37. The van der Waals surface area contributed by atoms with E-state index in [-0.39, 0.29) is 4.90 Å². The molecule has 0 unspecified atom stereocenters. The zero-order valence-corrected chi connectivity index (χ0v) is 30.6. The van der Waals surface area contributed by atoms with Crippen molar-refractivity contribution in [2.45, 2.75) is 63.1 Å². The van der Waals surface area contributed by atoms with Gasteiger partial charge in [-0.05, 0) is 74.7 Å². The number of aliphatic carboxylic acids is 2. The molecule has 12 nitrogen and oxygen atoms in total. The van der Waals surface area contributed by atoms with Crippen molar-refractivity contribution >= 4 is 43.7 Å². The Balaban J connectivity index is 0.000000931. The SMILES string of the molecule is C#C[C@H](CC(=O)O)NS(=O)(=O)c1cccc(OCCCCNc2ccccn2)c1.CC.NCCCCOc1cccc(Br)c1.O=C(O)C(F)(F)F. The second kappa shape index (κ2) is 26.4. The van der Waals surface area contributed by atoms with Gasteiger partial charge in [-0.25, -0.2) is 18.2 Å². The molecule has 1 heterocycles. The lowest BCUT2D eigenvalue weighted by Gasteiger charge is -2.13. The van der Waals surface area contributed by atoms with Crippen LogP contribution in [0.15, 0.2) is 82.3 Å². The molecule has 0 saturated carbocycles. The van der Waals surface area contributed by atoms with Crippen LogP contribution in [0, 0.1) is 12.3 Å². The minimum absolute atomic E-state index is 0.0440. The molecule has 2 aromatic carbocycles. The van der Waals surface area contributed by atoms with Crippen LogP contribution in [0.4, 0.5) is 19.0 Å². The molecule has 0 amide bonds. The lowest BCUT2D eigenvalue weighted by Crippen LogP contribution is -2.35. The van der Waals surface area contributed by atoms with Gasteiger partial charge < -0.3 is 30.7 Å². The number of benzene rings is 2. The molecule has 0 spiro atoms. The summed E-state index contributed by atoms with van der Waals surface area (Å²) < 4.78 is 70.9. The molecule has 1 atom stereocenters. The highest BCUT2D eigenvalue weighted by Gasteiger charge is 2.38. The Morgan fingerprint density at radius 3 is 2.06 bits per heavy atom. The van der Waals surface area contributed by atoms with Crippen LogP contribution in [-0.2, 0) is 19.6 Å². The number of carbonyl (C=O) groups is 2. The van der Waals surface area contributed by atoms with Crippen LogP contribution >= 0.6 is 15.9 Å². The van der Waals surface area contributed by atoms with E-state index in [1.54, 1.807) is 18.3 Å². The first-order valence-electron chi connectivity index (χ1n) is 15.6. The Morgan fingerprint density at radius 1 is 0.961 bits per heavy atom. The van der Waals surface area contributed by atoms with E-state index >= 15 is 0 Å². The van der Waals surface area contributed by atoms with Gasteiger partial charge >= 0.3 is 18.1 Å². The predicted octanol–water partition coefficient (Wildman–Crippen LogP) is 6.33. The Labute approximate surface area is 305 Å². The third-order valence-electron chi connectivity index (χ3n) is 5.71. The third-order valence-corrected chi connectivity index (χ3v) is 7.67. The third kappa shape index (κ3) is 22.9. The first-order valence-corrected chi connectivity index (χ1v) is 17.9. The smallest absolute Gasteiger partial charge is 0.490 e. The predicted molar refractivity (Wildman–Crippen MR) is 192 cm³/mol. The molecule has 51 heavy (non-hydrogen) atoms. The quantitative estimate of drug-likeness (QED) is 0.0757. The van der Waals surface area contributed by atoms with Gasteiger partial charge in [0.25, 0.3) is 0 Å². The number of hydrogen-bond acceptors (Lipinski definition) is 9. The number of anilines is 1. The highest BCUT2D eigenvalue weighted by Crippen LogP contribution is 2.19. The van der Waals surface area contributed by atoms with Crippen LogP contribution in [0.25, 0.3) is 0 Å². The van der Waals surface area contributed by atoms with Crippen molar-refractivity contribution in [3.05, 3.63) is 77.4 Å². The number of carboxylic acid groups (broad SMARTS) is 2. The molecule has 0 aliphatic carbocycles. The van der Waals surface area contributed by atoms with Gasteiger partial charge in [-0.3, -0.25) is 4.79 Å². The fourth-order valence-corrected chi connectivity index (χ4v) is 4.96. The first kappa shape index (κ1) is 46.6. The second-order valence-electron chi connectivity index (χ2n) is 9.72. The molecule has 0 saturated heterocycles. The van der Waals surface area contributed by atoms with E-state index in [0.717, 1.165) is 61.4 Å². The fraction of sp³-hybridized carbons (Fsp3) is 0.382. The molecule has 0 bridgehead atoms. The van der Waals surface area contributed by atoms with Gasteiger partial charge in [-0.15, -0.1) is 6.42 Å². The fourth-order valence-electron chi connectivity index (χ4n) is 3.39. The molecule has 3 rings (SSSR count). The number of aromatic nitrogens is 1. The Morgan fingerprint density at radius 2 is 1.55 bits per heavy atom. The Hall–Kier alpha value is -4.37. The molecular formula is C34H44BrF3N4O8S. The highest BCUT2D eigenvalue weighted by molar-refractivity contribution is 9.10. The van der Waals surface area contributed by atoms with Crippen LogP contribution in [0.5, 0.6) is 11.5 Å². The number of pyridine rings is 1. The number of terminal acetylenes is 1. The van der Waals surface area contributed by atoms with Gasteiger partial charge in [0.2, 0.25) is 10.0 Å². The number of rotatable bonds is 17. The van der Waals surface area contributed by atoms with E-state index in [2.05, 4.69) is 36.9 Å². The number of hydrogen-bond donors (Lipinski definition) is 5. The van der Waals surface area contributed by atoms with E-state index in [1.807, 2.05) is 56.3 Å². The van der Waals surface area contributed by atoms with E-state index in [0.29, 0.717) is 12.4 Å². The molecule has 6 N–H and O–H groups in total. The number of unbranched alkanes of at least 4 members (excludes halogenated alkanes) is 2. The van der Waals surface area contributed by atoms with Crippen LogP contribution < -0.4 is 25.2 Å². The zero-order valence-electron chi connectivity index (χ0n) is 28.2. The average Bonchev–Trinajstić information content (AvgIpc) is 3.09. The standard InChI is InChI=1S/C20H23N3O5S.C10H14BrNO.C2HF3O2.C2H6/c1-2-16(14-20(24)25)23-29(26,27)18-9-7-8-17(15-18)28-13-6-5-12-22-19-10-3-4-11-21-19;11-9-4-3-5-10(8-9)13-7-2-1-6-12;3-2(4,5)1(6)7;1-2/h1,3-4,7-11,15-16,23H,5-6,12-14H2,(H,21,22)(H,24,25);3-5,8H,1-2,6-7,12H2;(H,6,7);1-2H3/t16-;;;/m1.../s1. The summed E-state index contributed by atoms with van der Waals surface area (Å²) in [5.74, 6) is 0.305. The normalized spacial score (nSPS) is 11.0. The van der Waals surface area contributed by atoms with Crippen molar-refractivity contribution in [1.29, 1.82) is 0 Å². The maximum atomic E-state index is 12.4. The lowest BCUT2D eigenvalue weighted by molar-refractivity contribution is -0.192. The number of nitrogens with zero attached hydrogens (tertiary/aromatic N) is 1. The van der Waals surface area contributed by atoms with Crippen molar-refractivity contribution < 1.29 is 50.9 Å². The summed E-state index contributed by atoms with van der Waals surface area (Å²) in [6.07, 6.45) is 5.00. The number of carboxylic acids is 2. The van der Waals surface area contributed by atoms with Gasteiger partial charge in [-0.2, -0.15) is 17.9 Å². The number of alkyl halides is 3. The summed E-state index contributed by atoms with van der Waals surface area (Å²) in [5, 5.41) is 19.1. The number of ether oxygens (including phenoxy) is 2. The topological polar surface area (TPSA) is 190 Å². The van der Waals surface area contributed by atoms with Gasteiger partial charge in [0.05, 0.1) is 30.6 Å². The zero-order chi connectivity index (χ0) is 38.7. The molecule has 282 valence electrons. The monoisotopic (exact) mass is 804 g/mol. The van der Waals surface area contributed by atoms with E-state index in [1.165, 1.54) is 12.1 Å².